The van der Waals surface area contributed by atoms with Crippen molar-refractivity contribution in [3.63, 3.8) is 0 Å². The van der Waals surface area contributed by atoms with Gasteiger partial charge in [-0.3, -0.25) is 4.90 Å². The Hall–Kier alpha value is -4.54. The van der Waals surface area contributed by atoms with Crippen molar-refractivity contribution >= 4 is 29.5 Å². The third-order valence-corrected chi connectivity index (χ3v) is 4.44. The van der Waals surface area contributed by atoms with Gasteiger partial charge in [-0.15, -0.1) is 0 Å². The normalized spacial score (nSPS) is 11.4. The summed E-state index contributed by atoms with van der Waals surface area (Å²) in [5.74, 6) is -0.540. The molecule has 0 aliphatic rings. The molecule has 0 unspecified atom stereocenters. The molecule has 4 rings (SSSR count). The fourth-order valence-corrected chi connectivity index (χ4v) is 2.95. The summed E-state index contributed by atoms with van der Waals surface area (Å²) in [7, 11) is 0. The average Bonchev–Trinajstić information content (AvgIpc) is 2.85. The summed E-state index contributed by atoms with van der Waals surface area (Å²) in [6.45, 7) is -1.58. The van der Waals surface area contributed by atoms with Gasteiger partial charge in [-0.2, -0.15) is 33.2 Å². The first-order valence-electron chi connectivity index (χ1n) is 10.3. The molecule has 7 nitrogen and oxygen atoms in total. The first-order chi connectivity index (χ1) is 16.9. The number of hydrogen-bond donors (Lipinski definition) is 1. The monoisotopic (exact) mass is 482 g/mol. The van der Waals surface area contributed by atoms with Crippen LogP contribution >= 0.6 is 0 Å². The minimum absolute atomic E-state index is 0.00839. The van der Waals surface area contributed by atoms with Gasteiger partial charge in [0.1, 0.15) is 5.82 Å². The Balaban J connectivity index is 1.71. The van der Waals surface area contributed by atoms with Gasteiger partial charge in [0.15, 0.2) is 6.61 Å². The number of benzene rings is 3. The standard InChI is InChI=1S/C24H18F4N6O/c25-18-13-11-17(12-14-18)15-29-33-21-30-22(32-23(31-21)35-16-24(26,27)28)34(19-7-3-1-4-8-19)20-9-5-2-6-10-20/h1-15H,16H2,(H,30,31,32,33)/b29-15+. The fraction of sp³-hybridized carbons (Fsp3) is 0.0833. The number of nitrogens with one attached hydrogen (secondary N) is 1. The Labute approximate surface area is 197 Å². The van der Waals surface area contributed by atoms with E-state index < -0.39 is 24.6 Å². The molecule has 3 aromatic carbocycles. The van der Waals surface area contributed by atoms with Crippen molar-refractivity contribution in [2.24, 2.45) is 5.10 Å². The summed E-state index contributed by atoms with van der Waals surface area (Å²) < 4.78 is 56.2. The predicted molar refractivity (Wildman–Crippen MR) is 124 cm³/mol. The van der Waals surface area contributed by atoms with Crippen molar-refractivity contribution in [3.05, 3.63) is 96.3 Å². The number of hydrogen-bond acceptors (Lipinski definition) is 7. The van der Waals surface area contributed by atoms with Crippen LogP contribution in [0.3, 0.4) is 0 Å². The topological polar surface area (TPSA) is 75.5 Å². The molecular formula is C24H18F4N6O. The summed E-state index contributed by atoms with van der Waals surface area (Å²) >= 11 is 0. The summed E-state index contributed by atoms with van der Waals surface area (Å²) in [5, 5.41) is 3.99. The molecule has 4 aromatic rings. The van der Waals surface area contributed by atoms with Crippen LogP contribution in [0, 0.1) is 5.82 Å². The average molecular weight is 482 g/mol. The lowest BCUT2D eigenvalue weighted by atomic mass is 10.2. The molecule has 35 heavy (non-hydrogen) atoms. The zero-order chi connectivity index (χ0) is 24.7. The molecule has 178 valence electrons. The van der Waals surface area contributed by atoms with Gasteiger partial charge in [0.05, 0.1) is 6.21 Å². The maximum Gasteiger partial charge on any atom is 0.422 e. The van der Waals surface area contributed by atoms with E-state index in [2.05, 4.69) is 25.5 Å². The minimum atomic E-state index is -4.58. The number of anilines is 4. The molecule has 0 fully saturated rings. The van der Waals surface area contributed by atoms with E-state index in [0.717, 1.165) is 0 Å². The van der Waals surface area contributed by atoms with Crippen LogP contribution in [0.4, 0.5) is 40.8 Å². The predicted octanol–water partition coefficient (Wildman–Crippen LogP) is 5.87. The van der Waals surface area contributed by atoms with Crippen molar-refractivity contribution < 1.29 is 22.3 Å². The fourth-order valence-electron chi connectivity index (χ4n) is 2.95. The number of alkyl halides is 3. The zero-order valence-corrected chi connectivity index (χ0v) is 18.0. The van der Waals surface area contributed by atoms with E-state index >= 15 is 0 Å². The lowest BCUT2D eigenvalue weighted by Crippen LogP contribution is -2.21. The minimum Gasteiger partial charge on any atom is -0.454 e. The van der Waals surface area contributed by atoms with E-state index in [4.69, 9.17) is 4.74 Å². The largest absolute Gasteiger partial charge is 0.454 e. The highest BCUT2D eigenvalue weighted by Crippen LogP contribution is 2.33. The third kappa shape index (κ3) is 6.73. The quantitative estimate of drug-likeness (QED) is 0.192. The summed E-state index contributed by atoms with van der Waals surface area (Å²) in [4.78, 5) is 14.0. The summed E-state index contributed by atoms with van der Waals surface area (Å²) in [6.07, 6.45) is -3.20. The lowest BCUT2D eigenvalue weighted by Gasteiger charge is -2.23. The van der Waals surface area contributed by atoms with E-state index in [1.807, 2.05) is 12.1 Å². The number of nitrogens with zero attached hydrogens (tertiary/aromatic N) is 5. The van der Waals surface area contributed by atoms with Crippen LogP contribution in [0.2, 0.25) is 0 Å². The molecule has 0 amide bonds. The van der Waals surface area contributed by atoms with Crippen LogP contribution in [0.15, 0.2) is 90.0 Å². The van der Waals surface area contributed by atoms with E-state index in [1.165, 1.54) is 30.5 Å². The second-order valence-electron chi connectivity index (χ2n) is 7.07. The number of rotatable bonds is 8. The second-order valence-corrected chi connectivity index (χ2v) is 7.07. The molecule has 1 aromatic heterocycles. The number of para-hydroxylation sites is 2. The van der Waals surface area contributed by atoms with Crippen LogP contribution in [0.5, 0.6) is 6.01 Å². The molecule has 0 aliphatic carbocycles. The third-order valence-electron chi connectivity index (χ3n) is 4.44. The van der Waals surface area contributed by atoms with Crippen LogP contribution < -0.4 is 15.1 Å². The highest BCUT2D eigenvalue weighted by Gasteiger charge is 2.29. The number of halogens is 4. The van der Waals surface area contributed by atoms with Crippen molar-refractivity contribution in [1.82, 2.24) is 15.0 Å². The zero-order valence-electron chi connectivity index (χ0n) is 18.0. The van der Waals surface area contributed by atoms with Crippen molar-refractivity contribution in [1.29, 1.82) is 0 Å². The lowest BCUT2D eigenvalue weighted by molar-refractivity contribution is -0.154. The molecule has 0 spiro atoms. The van der Waals surface area contributed by atoms with Gasteiger partial charge in [-0.05, 0) is 42.0 Å². The van der Waals surface area contributed by atoms with Crippen LogP contribution in [0.1, 0.15) is 5.56 Å². The Morgan fingerprint density at radius 1 is 0.829 bits per heavy atom. The van der Waals surface area contributed by atoms with E-state index in [9.17, 15) is 17.6 Å². The first-order valence-corrected chi connectivity index (χ1v) is 10.3. The molecule has 11 heteroatoms. The van der Waals surface area contributed by atoms with E-state index in [-0.39, 0.29) is 11.9 Å². The van der Waals surface area contributed by atoms with Gasteiger partial charge >= 0.3 is 12.2 Å². The van der Waals surface area contributed by atoms with Gasteiger partial charge < -0.3 is 4.74 Å². The number of ether oxygens (including phenoxy) is 1. The molecule has 1 heterocycles. The molecular weight excluding hydrogens is 464 g/mol. The van der Waals surface area contributed by atoms with E-state index in [0.29, 0.717) is 16.9 Å². The first kappa shape index (κ1) is 23.6. The summed E-state index contributed by atoms with van der Waals surface area (Å²) in [6, 6.07) is 23.1. The van der Waals surface area contributed by atoms with Gasteiger partial charge in [0.2, 0.25) is 5.95 Å². The van der Waals surface area contributed by atoms with Gasteiger partial charge in [-0.1, -0.05) is 48.5 Å². The van der Waals surface area contributed by atoms with Crippen molar-refractivity contribution in [2.75, 3.05) is 16.9 Å². The highest BCUT2D eigenvalue weighted by atomic mass is 19.4. The SMILES string of the molecule is Fc1ccc(/C=N/Nc2nc(OCC(F)(F)F)nc(N(c3ccccc3)c3ccccc3)n2)cc1. The molecule has 0 aliphatic heterocycles. The maximum atomic E-state index is 13.1. The van der Waals surface area contributed by atoms with Crippen LogP contribution in [0.25, 0.3) is 0 Å². The highest BCUT2D eigenvalue weighted by molar-refractivity contribution is 5.80. The molecule has 0 bridgehead atoms. The number of hydrazone groups is 1. The molecule has 0 saturated carbocycles. The van der Waals surface area contributed by atoms with Crippen molar-refractivity contribution in [3.8, 4) is 6.01 Å². The van der Waals surface area contributed by atoms with Crippen LogP contribution in [-0.2, 0) is 0 Å². The Kier molecular flexibility index (Phi) is 7.15. The second kappa shape index (κ2) is 10.6. The Morgan fingerprint density at radius 2 is 1.43 bits per heavy atom. The molecule has 1 N–H and O–H groups in total. The van der Waals surface area contributed by atoms with Gasteiger partial charge in [0.25, 0.3) is 5.95 Å². The van der Waals surface area contributed by atoms with E-state index in [1.54, 1.807) is 53.4 Å². The number of aromatic nitrogens is 3. The molecule has 0 saturated heterocycles. The smallest absolute Gasteiger partial charge is 0.422 e. The Bertz CT molecular complexity index is 1230. The van der Waals surface area contributed by atoms with Crippen molar-refractivity contribution in [2.45, 2.75) is 6.18 Å². The maximum absolute atomic E-state index is 13.1. The Morgan fingerprint density at radius 3 is 2.00 bits per heavy atom. The molecule has 0 radical (unpaired) electrons. The van der Waals surface area contributed by atoms with Crippen LogP contribution in [-0.4, -0.2) is 33.9 Å². The summed E-state index contributed by atoms with van der Waals surface area (Å²) in [5.41, 5.74) is 4.47. The van der Waals surface area contributed by atoms with Gasteiger partial charge in [0, 0.05) is 11.4 Å². The van der Waals surface area contributed by atoms with Gasteiger partial charge in [-0.25, -0.2) is 9.82 Å². The molecule has 0 atom stereocenters.